The minimum Gasteiger partial charge on any atom is -0.494 e. The first-order valence-electron chi connectivity index (χ1n) is 5.81. The van der Waals surface area contributed by atoms with Gasteiger partial charge in [-0.2, -0.15) is 0 Å². The fourth-order valence-corrected chi connectivity index (χ4v) is 1.71. The topological polar surface area (TPSA) is 65.2 Å². The Morgan fingerprint density at radius 3 is 2.58 bits per heavy atom. The molecule has 0 aliphatic carbocycles. The molecule has 4 nitrogen and oxygen atoms in total. The van der Waals surface area contributed by atoms with Crippen LogP contribution < -0.4 is 10.5 Å². The van der Waals surface area contributed by atoms with Gasteiger partial charge in [-0.25, -0.2) is 4.39 Å². The molecule has 1 aromatic heterocycles. The molecule has 0 radical (unpaired) electrons. The number of carbonyl (C=O) groups excluding carboxylic acids is 1. The number of hydrogen-bond acceptors (Lipinski definition) is 3. The minimum absolute atomic E-state index is 0.0966. The average Bonchev–Trinajstić information content (AvgIpc) is 2.40. The third kappa shape index (κ3) is 2.70. The van der Waals surface area contributed by atoms with E-state index in [-0.39, 0.29) is 11.3 Å². The number of primary amides is 1. The van der Waals surface area contributed by atoms with E-state index >= 15 is 0 Å². The second kappa shape index (κ2) is 5.48. The predicted molar refractivity (Wildman–Crippen MR) is 69.3 cm³/mol. The molecule has 0 aliphatic rings. The molecule has 0 spiro atoms. The Kier molecular flexibility index (Phi) is 3.75. The van der Waals surface area contributed by atoms with Crippen molar-refractivity contribution in [3.63, 3.8) is 0 Å². The maximum absolute atomic E-state index is 14.1. The number of hydrogen-bond donors (Lipinski definition) is 1. The van der Waals surface area contributed by atoms with Crippen LogP contribution in [0.3, 0.4) is 0 Å². The number of nitrogens with zero attached hydrogens (tertiary/aromatic N) is 1. The fraction of sp³-hybridized carbons (Fsp3) is 0.143. The summed E-state index contributed by atoms with van der Waals surface area (Å²) in [5, 5.41) is 0. The molecule has 0 aliphatic heterocycles. The molecule has 2 aromatic rings. The molecule has 98 valence electrons. The van der Waals surface area contributed by atoms with Crippen LogP contribution in [0.25, 0.3) is 11.3 Å². The van der Waals surface area contributed by atoms with E-state index in [0.717, 1.165) is 0 Å². The molecule has 19 heavy (non-hydrogen) atoms. The lowest BCUT2D eigenvalue weighted by atomic mass is 10.1. The van der Waals surface area contributed by atoms with Crippen LogP contribution in [0.15, 0.2) is 36.5 Å². The van der Waals surface area contributed by atoms with Crippen molar-refractivity contribution in [3.8, 4) is 17.0 Å². The Bertz CT molecular complexity index is 597. The zero-order valence-corrected chi connectivity index (χ0v) is 10.4. The molecule has 2 N–H and O–H groups in total. The van der Waals surface area contributed by atoms with Crippen LogP contribution in [0, 0.1) is 5.82 Å². The summed E-state index contributed by atoms with van der Waals surface area (Å²) in [5.41, 5.74) is 5.59. The first-order chi connectivity index (χ1) is 9.13. The number of carbonyl (C=O) groups is 1. The zero-order chi connectivity index (χ0) is 13.8. The molecule has 2 rings (SSSR count). The van der Waals surface area contributed by atoms with Gasteiger partial charge in [0.05, 0.1) is 12.2 Å². The van der Waals surface area contributed by atoms with Crippen molar-refractivity contribution in [1.82, 2.24) is 4.98 Å². The maximum atomic E-state index is 14.1. The van der Waals surface area contributed by atoms with Gasteiger partial charge in [0.1, 0.15) is 11.4 Å². The summed E-state index contributed by atoms with van der Waals surface area (Å²) < 4.78 is 19.4. The summed E-state index contributed by atoms with van der Waals surface area (Å²) in [5.74, 6) is -0.830. The van der Waals surface area contributed by atoms with Crippen molar-refractivity contribution in [1.29, 1.82) is 0 Å². The highest BCUT2D eigenvalue weighted by molar-refractivity contribution is 5.94. The number of pyridine rings is 1. The Labute approximate surface area is 110 Å². The van der Waals surface area contributed by atoms with Gasteiger partial charge in [0.15, 0.2) is 5.82 Å². The van der Waals surface area contributed by atoms with Crippen molar-refractivity contribution in [3.05, 3.63) is 47.9 Å². The van der Waals surface area contributed by atoms with E-state index in [0.29, 0.717) is 17.9 Å². The number of aromatic nitrogens is 1. The second-order valence-corrected chi connectivity index (χ2v) is 3.84. The van der Waals surface area contributed by atoms with E-state index in [2.05, 4.69) is 4.98 Å². The molecule has 0 bridgehead atoms. The molecule has 0 unspecified atom stereocenters. The molecule has 0 saturated heterocycles. The number of halogens is 1. The number of benzene rings is 1. The molecule has 0 fully saturated rings. The Morgan fingerprint density at radius 2 is 2.00 bits per heavy atom. The molecule has 5 heteroatoms. The van der Waals surface area contributed by atoms with Gasteiger partial charge in [-0.15, -0.1) is 0 Å². The van der Waals surface area contributed by atoms with Crippen molar-refractivity contribution in [2.24, 2.45) is 5.73 Å². The summed E-state index contributed by atoms with van der Waals surface area (Å²) in [4.78, 5) is 15.0. The summed E-state index contributed by atoms with van der Waals surface area (Å²) in [6.07, 6.45) is 1.36. The molecule has 0 saturated carbocycles. The van der Waals surface area contributed by atoms with E-state index in [4.69, 9.17) is 10.5 Å². The van der Waals surface area contributed by atoms with Crippen LogP contribution in [0.4, 0.5) is 4.39 Å². The van der Waals surface area contributed by atoms with Crippen LogP contribution in [-0.4, -0.2) is 17.5 Å². The van der Waals surface area contributed by atoms with Crippen LogP contribution >= 0.6 is 0 Å². The monoisotopic (exact) mass is 260 g/mol. The van der Waals surface area contributed by atoms with E-state index < -0.39 is 11.7 Å². The molecule has 0 atom stereocenters. The smallest absolute Gasteiger partial charge is 0.251 e. The van der Waals surface area contributed by atoms with Crippen LogP contribution in [0.5, 0.6) is 5.75 Å². The van der Waals surface area contributed by atoms with Crippen molar-refractivity contribution >= 4 is 5.91 Å². The molecule has 1 aromatic carbocycles. The van der Waals surface area contributed by atoms with Crippen LogP contribution in [0.2, 0.25) is 0 Å². The summed E-state index contributed by atoms with van der Waals surface area (Å²) in [7, 11) is 0. The van der Waals surface area contributed by atoms with Gasteiger partial charge in [0, 0.05) is 11.8 Å². The van der Waals surface area contributed by atoms with E-state index in [1.165, 1.54) is 12.3 Å². The normalized spacial score (nSPS) is 10.2. The predicted octanol–water partition coefficient (Wildman–Crippen LogP) is 2.39. The molecular weight excluding hydrogens is 247 g/mol. The van der Waals surface area contributed by atoms with Gasteiger partial charge >= 0.3 is 0 Å². The highest BCUT2D eigenvalue weighted by Crippen LogP contribution is 2.24. The number of amides is 1. The van der Waals surface area contributed by atoms with Gasteiger partial charge < -0.3 is 10.5 Å². The third-order valence-electron chi connectivity index (χ3n) is 2.59. The zero-order valence-electron chi connectivity index (χ0n) is 10.4. The average molecular weight is 260 g/mol. The standard InChI is InChI=1S/C14H13FN2O2/c1-2-19-10-5-3-9(4-6-10)13-12(15)11(14(16)18)7-8-17-13/h3-8H,2H2,1H3,(H2,16,18). The Balaban J connectivity index is 2.41. The van der Waals surface area contributed by atoms with Gasteiger partial charge in [-0.1, -0.05) is 0 Å². The van der Waals surface area contributed by atoms with Gasteiger partial charge in [-0.05, 0) is 37.3 Å². The largest absolute Gasteiger partial charge is 0.494 e. The Morgan fingerprint density at radius 1 is 1.32 bits per heavy atom. The number of rotatable bonds is 4. The maximum Gasteiger partial charge on any atom is 0.251 e. The van der Waals surface area contributed by atoms with Crippen molar-refractivity contribution < 1.29 is 13.9 Å². The highest BCUT2D eigenvalue weighted by atomic mass is 19.1. The van der Waals surface area contributed by atoms with E-state index in [1.54, 1.807) is 24.3 Å². The van der Waals surface area contributed by atoms with E-state index in [9.17, 15) is 9.18 Å². The third-order valence-corrected chi connectivity index (χ3v) is 2.59. The molecule has 1 heterocycles. The quantitative estimate of drug-likeness (QED) is 0.917. The van der Waals surface area contributed by atoms with Gasteiger partial charge in [-0.3, -0.25) is 9.78 Å². The molecule has 1 amide bonds. The lowest BCUT2D eigenvalue weighted by molar-refractivity contribution is 0.0996. The van der Waals surface area contributed by atoms with E-state index in [1.807, 2.05) is 6.92 Å². The lowest BCUT2D eigenvalue weighted by Gasteiger charge is -2.07. The summed E-state index contributed by atoms with van der Waals surface area (Å²) in [6, 6.07) is 8.06. The van der Waals surface area contributed by atoms with Gasteiger partial charge in [0.2, 0.25) is 0 Å². The van der Waals surface area contributed by atoms with Crippen LogP contribution in [-0.2, 0) is 0 Å². The minimum atomic E-state index is -0.813. The first-order valence-corrected chi connectivity index (χ1v) is 5.81. The number of nitrogens with two attached hydrogens (primary N) is 1. The summed E-state index contributed by atoms with van der Waals surface area (Å²) in [6.45, 7) is 2.44. The highest BCUT2D eigenvalue weighted by Gasteiger charge is 2.14. The summed E-state index contributed by atoms with van der Waals surface area (Å²) >= 11 is 0. The SMILES string of the molecule is CCOc1ccc(-c2nccc(C(N)=O)c2F)cc1. The molecular formula is C14H13FN2O2. The van der Waals surface area contributed by atoms with Crippen molar-refractivity contribution in [2.75, 3.05) is 6.61 Å². The van der Waals surface area contributed by atoms with Crippen LogP contribution in [0.1, 0.15) is 17.3 Å². The second-order valence-electron chi connectivity index (χ2n) is 3.84. The fourth-order valence-electron chi connectivity index (χ4n) is 1.71. The Hall–Kier alpha value is -2.43. The van der Waals surface area contributed by atoms with Crippen molar-refractivity contribution in [2.45, 2.75) is 6.92 Å². The lowest BCUT2D eigenvalue weighted by Crippen LogP contribution is -2.14. The van der Waals surface area contributed by atoms with Gasteiger partial charge in [0.25, 0.3) is 5.91 Å². The number of ether oxygens (including phenoxy) is 1. The first kappa shape index (κ1) is 13.0.